The molecule has 0 fully saturated rings. The summed E-state index contributed by atoms with van der Waals surface area (Å²) in [6.07, 6.45) is -4.43. The van der Waals surface area contributed by atoms with Crippen molar-refractivity contribution in [3.05, 3.63) is 35.4 Å². The number of carbonyl (C=O) groups excluding carboxylic acids is 2. The highest BCUT2D eigenvalue weighted by Crippen LogP contribution is 2.28. The first kappa shape index (κ1) is 15.0. The first-order valence-corrected chi connectivity index (χ1v) is 5.56. The van der Waals surface area contributed by atoms with Gasteiger partial charge in [0.15, 0.2) is 0 Å². The van der Waals surface area contributed by atoms with Crippen LogP contribution in [-0.4, -0.2) is 24.9 Å². The van der Waals surface area contributed by atoms with Crippen LogP contribution in [0.15, 0.2) is 24.3 Å². The number of benzene rings is 1. The number of hydrogen-bond acceptors (Lipinski definition) is 2. The minimum Gasteiger partial charge on any atom is -0.355 e. The molecule has 2 N–H and O–H groups in total. The molecule has 0 radical (unpaired) electrons. The van der Waals surface area contributed by atoms with E-state index >= 15 is 0 Å². The molecular formula is C12H13F3N2O2. The van der Waals surface area contributed by atoms with Crippen LogP contribution in [0.1, 0.15) is 22.8 Å². The molecule has 104 valence electrons. The number of halogens is 3. The van der Waals surface area contributed by atoms with Gasteiger partial charge < -0.3 is 10.6 Å². The lowest BCUT2D eigenvalue weighted by molar-refractivity contribution is -0.137. The summed E-state index contributed by atoms with van der Waals surface area (Å²) in [4.78, 5) is 22.6. The first-order valence-electron chi connectivity index (χ1n) is 5.56. The molecular weight excluding hydrogens is 261 g/mol. The maximum absolute atomic E-state index is 12.3. The lowest BCUT2D eigenvalue weighted by Gasteiger charge is -2.08. The van der Waals surface area contributed by atoms with Gasteiger partial charge in [-0.2, -0.15) is 13.2 Å². The molecule has 0 aliphatic carbocycles. The van der Waals surface area contributed by atoms with Crippen LogP contribution >= 0.6 is 0 Å². The Kier molecular flexibility index (Phi) is 4.91. The fraction of sp³-hybridized carbons (Fsp3) is 0.333. The Balaban J connectivity index is 2.61. The second-order valence-corrected chi connectivity index (χ2v) is 3.71. The highest BCUT2D eigenvalue weighted by Gasteiger charge is 2.30. The fourth-order valence-corrected chi connectivity index (χ4v) is 1.33. The van der Waals surface area contributed by atoms with Gasteiger partial charge in [0, 0.05) is 12.1 Å². The summed E-state index contributed by atoms with van der Waals surface area (Å²) in [5, 5.41) is 4.79. The summed E-state index contributed by atoms with van der Waals surface area (Å²) < 4.78 is 36.9. The topological polar surface area (TPSA) is 58.2 Å². The second-order valence-electron chi connectivity index (χ2n) is 3.71. The van der Waals surface area contributed by atoms with Crippen molar-refractivity contribution in [1.82, 2.24) is 10.6 Å². The Morgan fingerprint density at radius 1 is 1.11 bits per heavy atom. The van der Waals surface area contributed by atoms with Crippen LogP contribution in [0.25, 0.3) is 0 Å². The van der Waals surface area contributed by atoms with Gasteiger partial charge in [-0.3, -0.25) is 9.59 Å². The first-order chi connectivity index (χ1) is 8.84. The Hall–Kier alpha value is -2.05. The number of amides is 2. The zero-order chi connectivity index (χ0) is 14.5. The summed E-state index contributed by atoms with van der Waals surface area (Å²) in [6.45, 7) is 1.96. The van der Waals surface area contributed by atoms with Crippen LogP contribution in [0.2, 0.25) is 0 Å². The van der Waals surface area contributed by atoms with Crippen LogP contribution < -0.4 is 10.6 Å². The summed E-state index contributed by atoms with van der Waals surface area (Å²) in [5.41, 5.74) is -0.759. The van der Waals surface area contributed by atoms with Crippen LogP contribution in [0.3, 0.4) is 0 Å². The number of rotatable bonds is 4. The molecule has 1 aromatic rings. The van der Waals surface area contributed by atoms with E-state index in [4.69, 9.17) is 0 Å². The molecule has 0 aliphatic heterocycles. The van der Waals surface area contributed by atoms with E-state index in [1.807, 2.05) is 0 Å². The van der Waals surface area contributed by atoms with Gasteiger partial charge in [0.1, 0.15) is 0 Å². The standard InChI is InChI=1S/C12H13F3N2O2/c1-2-16-10(18)7-17-11(19)8-3-5-9(6-4-8)12(13,14)15/h3-6H,2,7H2,1H3,(H,16,18)(H,17,19). The minimum absolute atomic E-state index is 0.0669. The average molecular weight is 274 g/mol. The molecule has 0 aliphatic rings. The molecule has 0 spiro atoms. The van der Waals surface area contributed by atoms with Crippen molar-refractivity contribution >= 4 is 11.8 Å². The van der Waals surface area contributed by atoms with Gasteiger partial charge in [-0.25, -0.2) is 0 Å². The molecule has 0 bridgehead atoms. The Labute approximate surface area is 108 Å². The molecule has 2 amide bonds. The maximum Gasteiger partial charge on any atom is 0.416 e. The molecule has 1 aromatic carbocycles. The molecule has 4 nitrogen and oxygen atoms in total. The fourth-order valence-electron chi connectivity index (χ4n) is 1.33. The quantitative estimate of drug-likeness (QED) is 0.875. The van der Waals surface area contributed by atoms with E-state index in [0.29, 0.717) is 6.54 Å². The SMILES string of the molecule is CCNC(=O)CNC(=O)c1ccc(C(F)(F)F)cc1. The zero-order valence-corrected chi connectivity index (χ0v) is 10.2. The Morgan fingerprint density at radius 2 is 1.68 bits per heavy atom. The largest absolute Gasteiger partial charge is 0.416 e. The smallest absolute Gasteiger partial charge is 0.355 e. The van der Waals surface area contributed by atoms with Crippen LogP contribution in [0.4, 0.5) is 13.2 Å². The predicted octanol–water partition coefficient (Wildman–Crippen LogP) is 1.57. The van der Waals surface area contributed by atoms with E-state index < -0.39 is 17.6 Å². The molecule has 1 rings (SSSR count). The van der Waals surface area contributed by atoms with Crippen molar-refractivity contribution < 1.29 is 22.8 Å². The minimum atomic E-state index is -4.43. The van der Waals surface area contributed by atoms with Crippen molar-refractivity contribution in [2.45, 2.75) is 13.1 Å². The molecule has 0 aromatic heterocycles. The molecule has 0 heterocycles. The van der Waals surface area contributed by atoms with Crippen LogP contribution in [0.5, 0.6) is 0 Å². The summed E-state index contributed by atoms with van der Waals surface area (Å²) >= 11 is 0. The van der Waals surface area contributed by atoms with Gasteiger partial charge in [0.2, 0.25) is 5.91 Å². The van der Waals surface area contributed by atoms with Gasteiger partial charge in [-0.15, -0.1) is 0 Å². The highest BCUT2D eigenvalue weighted by molar-refractivity contribution is 5.96. The molecule has 0 saturated carbocycles. The maximum atomic E-state index is 12.3. The molecule has 0 saturated heterocycles. The Bertz CT molecular complexity index is 455. The van der Waals surface area contributed by atoms with E-state index in [-0.39, 0.29) is 18.0 Å². The van der Waals surface area contributed by atoms with E-state index in [0.717, 1.165) is 24.3 Å². The molecule has 0 atom stereocenters. The highest BCUT2D eigenvalue weighted by atomic mass is 19.4. The van der Waals surface area contributed by atoms with Gasteiger partial charge in [0.25, 0.3) is 5.91 Å². The van der Waals surface area contributed by atoms with Gasteiger partial charge in [0.05, 0.1) is 12.1 Å². The van der Waals surface area contributed by atoms with Crippen molar-refractivity contribution in [3.63, 3.8) is 0 Å². The summed E-state index contributed by atoms with van der Waals surface area (Å²) in [5.74, 6) is -0.956. The van der Waals surface area contributed by atoms with Crippen molar-refractivity contribution in [2.24, 2.45) is 0 Å². The zero-order valence-electron chi connectivity index (χ0n) is 10.2. The number of likely N-dealkylation sites (N-methyl/N-ethyl adjacent to an activating group) is 1. The van der Waals surface area contributed by atoms with E-state index in [1.54, 1.807) is 6.92 Å². The summed E-state index contributed by atoms with van der Waals surface area (Å²) in [7, 11) is 0. The average Bonchev–Trinajstić information content (AvgIpc) is 2.35. The predicted molar refractivity (Wildman–Crippen MR) is 62.5 cm³/mol. The van der Waals surface area contributed by atoms with Gasteiger partial charge in [-0.05, 0) is 31.2 Å². The number of hydrogen-bond donors (Lipinski definition) is 2. The number of carbonyl (C=O) groups is 2. The lowest BCUT2D eigenvalue weighted by atomic mass is 10.1. The molecule has 0 unspecified atom stereocenters. The third kappa shape index (κ3) is 4.61. The Morgan fingerprint density at radius 3 is 2.16 bits per heavy atom. The van der Waals surface area contributed by atoms with Crippen LogP contribution in [-0.2, 0) is 11.0 Å². The third-order valence-electron chi connectivity index (χ3n) is 2.26. The van der Waals surface area contributed by atoms with E-state index in [1.165, 1.54) is 0 Å². The summed E-state index contributed by atoms with van der Waals surface area (Å²) in [6, 6.07) is 3.77. The normalized spacial score (nSPS) is 10.9. The van der Waals surface area contributed by atoms with Crippen LogP contribution in [0, 0.1) is 0 Å². The van der Waals surface area contributed by atoms with E-state index in [9.17, 15) is 22.8 Å². The number of nitrogens with one attached hydrogen (secondary N) is 2. The van der Waals surface area contributed by atoms with Crippen molar-refractivity contribution in [1.29, 1.82) is 0 Å². The van der Waals surface area contributed by atoms with Gasteiger partial charge in [-0.1, -0.05) is 0 Å². The second kappa shape index (κ2) is 6.21. The molecule has 7 heteroatoms. The van der Waals surface area contributed by atoms with Gasteiger partial charge >= 0.3 is 6.18 Å². The van der Waals surface area contributed by atoms with E-state index in [2.05, 4.69) is 10.6 Å². The van der Waals surface area contributed by atoms with Crippen molar-refractivity contribution in [3.8, 4) is 0 Å². The lowest BCUT2D eigenvalue weighted by Crippen LogP contribution is -2.36. The molecule has 19 heavy (non-hydrogen) atoms. The number of alkyl halides is 3. The monoisotopic (exact) mass is 274 g/mol. The third-order valence-corrected chi connectivity index (χ3v) is 2.26. The van der Waals surface area contributed by atoms with Crippen molar-refractivity contribution in [2.75, 3.05) is 13.1 Å².